The lowest BCUT2D eigenvalue weighted by atomic mass is 9.97. The lowest BCUT2D eigenvalue weighted by molar-refractivity contribution is 0.631. The number of hydrogen-bond donors (Lipinski definition) is 0. The third kappa shape index (κ3) is 5.39. The van der Waals surface area contributed by atoms with Crippen LogP contribution in [0.1, 0.15) is 0 Å². The van der Waals surface area contributed by atoms with E-state index in [0.717, 1.165) is 39.4 Å². The Morgan fingerprint density at radius 2 is 0.846 bits per heavy atom. The minimum atomic E-state index is 0.856. The summed E-state index contributed by atoms with van der Waals surface area (Å²) in [5.74, 6) is 0.856. The van der Waals surface area contributed by atoms with Crippen molar-refractivity contribution in [2.45, 2.75) is 0 Å². The molecule has 9 aromatic carbocycles. The maximum absolute atomic E-state index is 6.30. The van der Waals surface area contributed by atoms with E-state index in [1.165, 1.54) is 54.6 Å². The zero-order valence-electron chi connectivity index (χ0n) is 28.4. The monoisotopic (exact) mass is 663 g/mol. The summed E-state index contributed by atoms with van der Waals surface area (Å²) in [6, 6.07) is 71.8. The number of para-hydroxylation sites is 1. The molecule has 0 atom stereocenters. The summed E-state index contributed by atoms with van der Waals surface area (Å²) >= 11 is 0. The normalized spacial score (nSPS) is 11.5. The number of furan rings is 1. The van der Waals surface area contributed by atoms with Gasteiger partial charge in [-0.1, -0.05) is 140 Å². The lowest BCUT2D eigenvalue weighted by Gasteiger charge is -2.26. The molecule has 0 aliphatic heterocycles. The Bertz CT molecular complexity index is 2870. The van der Waals surface area contributed by atoms with E-state index in [2.05, 4.69) is 187 Å². The van der Waals surface area contributed by atoms with E-state index in [0.29, 0.717) is 0 Å². The van der Waals surface area contributed by atoms with Gasteiger partial charge in [0.1, 0.15) is 11.3 Å². The number of fused-ring (bicyclic) bond motifs is 5. The summed E-state index contributed by atoms with van der Waals surface area (Å²) < 4.78 is 6.30. The average Bonchev–Trinajstić information content (AvgIpc) is 3.66. The van der Waals surface area contributed by atoms with Crippen LogP contribution in [-0.2, 0) is 0 Å². The molecule has 0 radical (unpaired) electrons. The quantitative estimate of drug-likeness (QED) is 0.165. The molecular weight excluding hydrogens is 631 g/mol. The fourth-order valence-corrected chi connectivity index (χ4v) is 7.54. The average molecular weight is 664 g/mol. The predicted octanol–water partition coefficient (Wildman–Crippen LogP) is 14.4. The van der Waals surface area contributed by atoms with Crippen LogP contribution in [-0.4, -0.2) is 0 Å². The summed E-state index contributed by atoms with van der Waals surface area (Å²) in [5, 5.41) is 8.67. The first kappa shape index (κ1) is 30.0. The molecule has 2 nitrogen and oxygen atoms in total. The van der Waals surface area contributed by atoms with Gasteiger partial charge in [0.25, 0.3) is 0 Å². The first-order chi connectivity index (χ1) is 25.7. The van der Waals surface area contributed by atoms with Gasteiger partial charge in [0.05, 0.1) is 0 Å². The summed E-state index contributed by atoms with van der Waals surface area (Å²) in [7, 11) is 0. The molecule has 0 aliphatic rings. The van der Waals surface area contributed by atoms with Crippen molar-refractivity contribution in [3.8, 4) is 33.6 Å². The molecule has 0 aliphatic carbocycles. The van der Waals surface area contributed by atoms with Crippen molar-refractivity contribution in [1.82, 2.24) is 0 Å². The minimum Gasteiger partial charge on any atom is -0.456 e. The third-order valence-corrected chi connectivity index (χ3v) is 10.2. The van der Waals surface area contributed by atoms with Crippen molar-refractivity contribution < 1.29 is 4.42 Å². The van der Waals surface area contributed by atoms with E-state index in [4.69, 9.17) is 4.42 Å². The van der Waals surface area contributed by atoms with Crippen LogP contribution in [0.15, 0.2) is 205 Å². The summed E-state index contributed by atoms with van der Waals surface area (Å²) in [6.07, 6.45) is 0. The molecule has 0 amide bonds. The molecule has 0 N–H and O–H groups in total. The largest absolute Gasteiger partial charge is 0.456 e. The molecule has 244 valence electrons. The first-order valence-corrected chi connectivity index (χ1v) is 17.7. The molecule has 1 aromatic heterocycles. The Hall–Kier alpha value is -6.90. The summed E-state index contributed by atoms with van der Waals surface area (Å²) in [5.41, 5.74) is 9.91. The van der Waals surface area contributed by atoms with Gasteiger partial charge in [-0.05, 0) is 115 Å². The van der Waals surface area contributed by atoms with Crippen LogP contribution in [0.25, 0.3) is 76.9 Å². The minimum absolute atomic E-state index is 0.856. The molecule has 0 saturated carbocycles. The van der Waals surface area contributed by atoms with Gasteiger partial charge in [-0.15, -0.1) is 0 Å². The summed E-state index contributed by atoms with van der Waals surface area (Å²) in [4.78, 5) is 2.33. The number of anilines is 3. The lowest BCUT2D eigenvalue weighted by Crippen LogP contribution is -2.10. The molecule has 0 spiro atoms. The number of nitrogens with zero attached hydrogens (tertiary/aromatic N) is 1. The highest BCUT2D eigenvalue weighted by molar-refractivity contribution is 6.08. The molecule has 0 bridgehead atoms. The fraction of sp³-hybridized carbons (Fsp3) is 0. The van der Waals surface area contributed by atoms with Crippen LogP contribution in [0.5, 0.6) is 0 Å². The Labute approximate surface area is 302 Å². The maximum Gasteiger partial charge on any atom is 0.135 e. The Kier molecular flexibility index (Phi) is 7.18. The van der Waals surface area contributed by atoms with E-state index in [1.54, 1.807) is 0 Å². The molecule has 2 heteroatoms. The van der Waals surface area contributed by atoms with Gasteiger partial charge >= 0.3 is 0 Å². The zero-order chi connectivity index (χ0) is 34.4. The Morgan fingerprint density at radius 3 is 1.60 bits per heavy atom. The van der Waals surface area contributed by atoms with Crippen molar-refractivity contribution in [2.24, 2.45) is 0 Å². The highest BCUT2D eigenvalue weighted by atomic mass is 16.3. The smallest absolute Gasteiger partial charge is 0.135 e. The molecule has 1 heterocycles. The van der Waals surface area contributed by atoms with Gasteiger partial charge in [0, 0.05) is 28.0 Å². The number of hydrogen-bond acceptors (Lipinski definition) is 2. The van der Waals surface area contributed by atoms with E-state index in [9.17, 15) is 0 Å². The van der Waals surface area contributed by atoms with Gasteiger partial charge in [-0.2, -0.15) is 0 Å². The Balaban J connectivity index is 1.04. The standard InChI is InChI=1S/C50H33NO/c1-2-10-38-30-39(18-16-34(38)8-1)35-20-25-44(26-21-35)51(46-13-7-12-42(32-46)50-33-43-11-4-6-15-49(43)52-50)45-27-22-36(23-28-45)40-24-29-48-41(31-40)19-17-37-9-3-5-14-47(37)48/h1-33H. The van der Waals surface area contributed by atoms with Crippen molar-refractivity contribution in [1.29, 1.82) is 0 Å². The van der Waals surface area contributed by atoms with Gasteiger partial charge in [-0.3, -0.25) is 0 Å². The second kappa shape index (κ2) is 12.5. The topological polar surface area (TPSA) is 16.4 Å². The molecule has 52 heavy (non-hydrogen) atoms. The van der Waals surface area contributed by atoms with Crippen LogP contribution in [0.3, 0.4) is 0 Å². The van der Waals surface area contributed by atoms with Gasteiger partial charge < -0.3 is 9.32 Å². The molecular formula is C50H33NO. The molecule has 0 saturated heterocycles. The maximum atomic E-state index is 6.30. The van der Waals surface area contributed by atoms with Crippen molar-refractivity contribution in [2.75, 3.05) is 4.90 Å². The predicted molar refractivity (Wildman–Crippen MR) is 220 cm³/mol. The van der Waals surface area contributed by atoms with Crippen molar-refractivity contribution in [3.63, 3.8) is 0 Å². The van der Waals surface area contributed by atoms with E-state index in [-0.39, 0.29) is 0 Å². The van der Waals surface area contributed by atoms with Crippen LogP contribution >= 0.6 is 0 Å². The van der Waals surface area contributed by atoms with E-state index in [1.807, 2.05) is 18.2 Å². The van der Waals surface area contributed by atoms with Gasteiger partial charge in [-0.25, -0.2) is 0 Å². The second-order valence-electron chi connectivity index (χ2n) is 13.4. The van der Waals surface area contributed by atoms with Crippen LogP contribution < -0.4 is 4.90 Å². The SMILES string of the molecule is c1cc(-c2cc3ccccc3o2)cc(N(c2ccc(-c3ccc4ccccc4c3)cc2)c2ccc(-c3ccc4c(ccc5ccccc54)c3)cc2)c1. The Morgan fingerprint density at radius 1 is 0.288 bits per heavy atom. The molecule has 0 fully saturated rings. The van der Waals surface area contributed by atoms with Gasteiger partial charge in [0.15, 0.2) is 0 Å². The van der Waals surface area contributed by atoms with Crippen molar-refractivity contribution in [3.05, 3.63) is 200 Å². The zero-order valence-corrected chi connectivity index (χ0v) is 28.4. The van der Waals surface area contributed by atoms with Crippen LogP contribution in [0.4, 0.5) is 17.1 Å². The first-order valence-electron chi connectivity index (χ1n) is 17.7. The molecule has 10 rings (SSSR count). The van der Waals surface area contributed by atoms with E-state index >= 15 is 0 Å². The highest BCUT2D eigenvalue weighted by Crippen LogP contribution is 2.40. The number of benzene rings is 9. The summed E-state index contributed by atoms with van der Waals surface area (Å²) in [6.45, 7) is 0. The number of rotatable bonds is 6. The highest BCUT2D eigenvalue weighted by Gasteiger charge is 2.16. The molecule has 10 aromatic rings. The van der Waals surface area contributed by atoms with Gasteiger partial charge in [0.2, 0.25) is 0 Å². The van der Waals surface area contributed by atoms with E-state index < -0.39 is 0 Å². The third-order valence-electron chi connectivity index (χ3n) is 10.2. The molecule has 0 unspecified atom stereocenters. The fourth-order valence-electron chi connectivity index (χ4n) is 7.54. The van der Waals surface area contributed by atoms with Crippen molar-refractivity contribution >= 4 is 60.3 Å². The van der Waals surface area contributed by atoms with Crippen LogP contribution in [0, 0.1) is 0 Å². The second-order valence-corrected chi connectivity index (χ2v) is 13.4. The van der Waals surface area contributed by atoms with Crippen LogP contribution in [0.2, 0.25) is 0 Å².